The molecule has 0 aromatic heterocycles. The second-order valence-corrected chi connectivity index (χ2v) is 6.08. The molecule has 23 heavy (non-hydrogen) atoms. The molecule has 2 aliphatic rings. The van der Waals surface area contributed by atoms with Gasteiger partial charge in [-0.1, -0.05) is 48.5 Å². The van der Waals surface area contributed by atoms with E-state index in [2.05, 4.69) is 62.4 Å². The molecule has 0 aliphatic carbocycles. The highest BCUT2D eigenvalue weighted by atomic mass is 16.6. The van der Waals surface area contributed by atoms with E-state index in [1.807, 2.05) is 0 Å². The Hall–Kier alpha value is -1.68. The van der Waals surface area contributed by atoms with Crippen molar-refractivity contribution in [2.75, 3.05) is 26.4 Å². The van der Waals surface area contributed by atoms with Gasteiger partial charge >= 0.3 is 0 Å². The van der Waals surface area contributed by atoms with Crippen LogP contribution in [0.4, 0.5) is 0 Å². The third-order valence-electron chi connectivity index (χ3n) is 3.99. The van der Waals surface area contributed by atoms with Crippen LogP contribution in [0.5, 0.6) is 0 Å². The van der Waals surface area contributed by atoms with Gasteiger partial charge in [-0.05, 0) is 36.1 Å². The van der Waals surface area contributed by atoms with Crippen LogP contribution in [0.3, 0.4) is 0 Å². The fraction of sp³-hybridized carbons (Fsp3) is 0.400. The Labute approximate surface area is 138 Å². The Morgan fingerprint density at radius 3 is 1.52 bits per heavy atom. The maximum atomic E-state index is 5.23. The number of aryl methyl sites for hydroxylation is 2. The monoisotopic (exact) mass is 312 g/mol. The molecule has 2 aromatic carbocycles. The van der Waals surface area contributed by atoms with Gasteiger partial charge in [-0.25, -0.2) is 0 Å². The summed E-state index contributed by atoms with van der Waals surface area (Å²) in [6, 6.07) is 17.0. The van der Waals surface area contributed by atoms with Crippen LogP contribution in [0.2, 0.25) is 0 Å². The molecule has 4 rings (SSSR count). The van der Waals surface area contributed by atoms with Gasteiger partial charge in [-0.3, -0.25) is 0 Å². The van der Waals surface area contributed by atoms with Crippen molar-refractivity contribution in [3.8, 4) is 11.1 Å². The summed E-state index contributed by atoms with van der Waals surface area (Å²) in [6.07, 6.45) is 0.785. The Morgan fingerprint density at radius 2 is 1.17 bits per heavy atom. The SMILES string of the molecule is C(OCC1CO1)C1CO1.Cc1ccccc1-c1ccccc1C. The minimum Gasteiger partial charge on any atom is -0.376 e. The number of rotatable bonds is 5. The third kappa shape index (κ3) is 5.17. The Bertz CT molecular complexity index is 575. The van der Waals surface area contributed by atoms with Crippen molar-refractivity contribution in [3.05, 3.63) is 59.7 Å². The molecule has 0 N–H and O–H groups in total. The molecule has 122 valence electrons. The topological polar surface area (TPSA) is 34.3 Å². The van der Waals surface area contributed by atoms with Gasteiger partial charge in [-0.2, -0.15) is 0 Å². The molecule has 2 heterocycles. The van der Waals surface area contributed by atoms with Crippen molar-refractivity contribution in [1.29, 1.82) is 0 Å². The molecule has 2 aromatic rings. The second-order valence-electron chi connectivity index (χ2n) is 6.08. The van der Waals surface area contributed by atoms with E-state index >= 15 is 0 Å². The van der Waals surface area contributed by atoms with Crippen LogP contribution in [0.15, 0.2) is 48.5 Å². The van der Waals surface area contributed by atoms with E-state index in [-0.39, 0.29) is 0 Å². The minimum absolute atomic E-state index is 0.392. The molecule has 0 saturated carbocycles. The van der Waals surface area contributed by atoms with Gasteiger partial charge < -0.3 is 14.2 Å². The van der Waals surface area contributed by atoms with E-state index in [0.717, 1.165) is 26.4 Å². The lowest BCUT2D eigenvalue weighted by Crippen LogP contribution is -2.06. The number of ether oxygens (including phenoxy) is 3. The molecular weight excluding hydrogens is 288 g/mol. The maximum absolute atomic E-state index is 5.23. The van der Waals surface area contributed by atoms with E-state index in [9.17, 15) is 0 Å². The first-order valence-electron chi connectivity index (χ1n) is 8.16. The van der Waals surface area contributed by atoms with Crippen LogP contribution in [-0.4, -0.2) is 38.6 Å². The molecule has 2 fully saturated rings. The highest BCUT2D eigenvalue weighted by molar-refractivity contribution is 5.70. The van der Waals surface area contributed by atoms with Crippen molar-refractivity contribution >= 4 is 0 Å². The first-order valence-corrected chi connectivity index (χ1v) is 8.16. The summed E-state index contributed by atoms with van der Waals surface area (Å²) in [7, 11) is 0. The Morgan fingerprint density at radius 1 is 0.783 bits per heavy atom. The lowest BCUT2D eigenvalue weighted by molar-refractivity contribution is 0.102. The van der Waals surface area contributed by atoms with E-state index in [1.165, 1.54) is 22.3 Å². The van der Waals surface area contributed by atoms with Crippen LogP contribution in [0, 0.1) is 13.8 Å². The summed E-state index contributed by atoms with van der Waals surface area (Å²) in [4.78, 5) is 0. The fourth-order valence-electron chi connectivity index (χ4n) is 2.41. The highest BCUT2D eigenvalue weighted by Crippen LogP contribution is 2.25. The summed E-state index contributed by atoms with van der Waals surface area (Å²) in [5.74, 6) is 0. The molecule has 0 spiro atoms. The first-order chi connectivity index (χ1) is 11.2. The maximum Gasteiger partial charge on any atom is 0.104 e. The molecule has 0 bridgehead atoms. The van der Waals surface area contributed by atoms with Crippen LogP contribution in [0.25, 0.3) is 11.1 Å². The van der Waals surface area contributed by atoms with Crippen LogP contribution >= 0.6 is 0 Å². The number of hydrogen-bond donors (Lipinski definition) is 0. The zero-order chi connectivity index (χ0) is 16.1. The predicted octanol–water partition coefficient (Wildman–Crippen LogP) is 3.77. The third-order valence-corrected chi connectivity index (χ3v) is 3.99. The lowest BCUT2D eigenvalue weighted by atomic mass is 9.97. The summed E-state index contributed by atoms with van der Waals surface area (Å²) in [5, 5.41) is 0. The van der Waals surface area contributed by atoms with Gasteiger partial charge in [0.1, 0.15) is 12.2 Å². The molecule has 3 nitrogen and oxygen atoms in total. The molecule has 2 unspecified atom stereocenters. The Kier molecular flexibility index (Phi) is 5.44. The predicted molar refractivity (Wildman–Crippen MR) is 91.7 cm³/mol. The molecule has 0 amide bonds. The zero-order valence-corrected chi connectivity index (χ0v) is 13.8. The molecule has 3 heteroatoms. The van der Waals surface area contributed by atoms with Crippen molar-refractivity contribution in [1.82, 2.24) is 0 Å². The standard InChI is InChI=1S/C14H14.C6H10O3/c1-11-7-3-5-9-13(11)14-10-6-4-8-12(14)2;1(5-3-8-5)7-2-6-4-9-6/h3-10H,1-2H3;5-6H,1-4H2. The van der Waals surface area contributed by atoms with E-state index in [1.54, 1.807) is 0 Å². The van der Waals surface area contributed by atoms with Crippen molar-refractivity contribution in [2.45, 2.75) is 26.1 Å². The van der Waals surface area contributed by atoms with Crippen molar-refractivity contribution in [2.24, 2.45) is 0 Å². The summed E-state index contributed by atoms with van der Waals surface area (Å²) in [6.45, 7) is 7.57. The lowest BCUT2D eigenvalue weighted by Gasteiger charge is -2.08. The van der Waals surface area contributed by atoms with Crippen molar-refractivity contribution < 1.29 is 14.2 Å². The molecule has 2 saturated heterocycles. The molecule has 2 atom stereocenters. The number of benzene rings is 2. The number of hydrogen-bond acceptors (Lipinski definition) is 3. The van der Waals surface area contributed by atoms with E-state index < -0.39 is 0 Å². The smallest absolute Gasteiger partial charge is 0.104 e. The Balaban J connectivity index is 0.000000149. The quantitative estimate of drug-likeness (QED) is 0.788. The molecule has 2 aliphatic heterocycles. The molecule has 0 radical (unpaired) electrons. The van der Waals surface area contributed by atoms with Crippen molar-refractivity contribution in [3.63, 3.8) is 0 Å². The summed E-state index contributed by atoms with van der Waals surface area (Å²) in [5.41, 5.74) is 5.35. The largest absolute Gasteiger partial charge is 0.376 e. The molecular formula is C20H24O3. The van der Waals surface area contributed by atoms with Gasteiger partial charge in [0.05, 0.1) is 26.4 Å². The van der Waals surface area contributed by atoms with Crippen LogP contribution in [0.1, 0.15) is 11.1 Å². The average molecular weight is 312 g/mol. The number of epoxide rings is 2. The summed E-state index contributed by atoms with van der Waals surface area (Å²) < 4.78 is 15.1. The zero-order valence-electron chi connectivity index (χ0n) is 13.8. The van der Waals surface area contributed by atoms with Gasteiger partial charge in [0.2, 0.25) is 0 Å². The van der Waals surface area contributed by atoms with Gasteiger partial charge in [-0.15, -0.1) is 0 Å². The van der Waals surface area contributed by atoms with E-state index in [4.69, 9.17) is 14.2 Å². The normalized spacial score (nSPS) is 21.3. The first kappa shape index (κ1) is 16.2. The average Bonchev–Trinajstić information content (AvgIpc) is 3.45. The second kappa shape index (κ2) is 7.73. The van der Waals surface area contributed by atoms with Crippen LogP contribution in [-0.2, 0) is 14.2 Å². The van der Waals surface area contributed by atoms with E-state index in [0.29, 0.717) is 12.2 Å². The van der Waals surface area contributed by atoms with Gasteiger partial charge in [0, 0.05) is 0 Å². The fourth-order valence-corrected chi connectivity index (χ4v) is 2.41. The van der Waals surface area contributed by atoms with Gasteiger partial charge in [0.15, 0.2) is 0 Å². The summed E-state index contributed by atoms with van der Waals surface area (Å²) >= 11 is 0. The van der Waals surface area contributed by atoms with Crippen LogP contribution < -0.4 is 0 Å². The minimum atomic E-state index is 0.392. The van der Waals surface area contributed by atoms with Gasteiger partial charge in [0.25, 0.3) is 0 Å². The highest BCUT2D eigenvalue weighted by Gasteiger charge is 2.26.